The Morgan fingerprint density at radius 3 is 1.58 bits per heavy atom. The van der Waals surface area contributed by atoms with E-state index in [2.05, 4.69) is 36.4 Å². The number of hydrogen-bond donors (Lipinski definition) is 0. The molecule has 9 rings (SSSR count). The van der Waals surface area contributed by atoms with E-state index in [1.807, 2.05) is 66.7 Å². The lowest BCUT2D eigenvalue weighted by atomic mass is 9.84. The van der Waals surface area contributed by atoms with Crippen molar-refractivity contribution in [2.75, 3.05) is 0 Å². The van der Waals surface area contributed by atoms with Crippen LogP contribution in [0.5, 0.6) is 0 Å². The minimum Gasteiger partial charge on any atom is -0.455 e. The quantitative estimate of drug-likeness (QED) is 0.188. The fourth-order valence-electron chi connectivity index (χ4n) is 6.30. The number of furan rings is 1. The van der Waals surface area contributed by atoms with Gasteiger partial charge in [0, 0.05) is 16.3 Å². The maximum absolute atomic E-state index is 9.89. The smallest absolute Gasteiger partial charge is 0.143 e. The van der Waals surface area contributed by atoms with Crippen LogP contribution in [0.2, 0.25) is 0 Å². The van der Waals surface area contributed by atoms with Gasteiger partial charge < -0.3 is 4.42 Å². The molecule has 1 aromatic heterocycles. The Balaban J connectivity index is 1.46. The first-order chi connectivity index (χ1) is 26.9. The second kappa shape index (κ2) is 10.4. The van der Waals surface area contributed by atoms with Gasteiger partial charge in [-0.15, -0.1) is 0 Å². The highest BCUT2D eigenvalue weighted by Crippen LogP contribution is 2.46. The monoisotopic (exact) mass is 583 g/mol. The molecular weight excluding hydrogens is 544 g/mol. The summed E-state index contributed by atoms with van der Waals surface area (Å²) in [6, 6.07) is 27.8. The molecule has 210 valence electrons. The zero-order chi connectivity index (χ0) is 39.3. The molecule has 0 fully saturated rings. The van der Waals surface area contributed by atoms with E-state index in [1.54, 1.807) is 0 Å². The molecule has 0 radical (unpaired) electrons. The summed E-state index contributed by atoms with van der Waals surface area (Å²) >= 11 is 0. The van der Waals surface area contributed by atoms with E-state index in [1.165, 1.54) is 0 Å². The summed E-state index contributed by atoms with van der Waals surface area (Å²) in [7, 11) is 0. The molecule has 8 aromatic carbocycles. The van der Waals surface area contributed by atoms with Crippen LogP contribution in [0.4, 0.5) is 0 Å². The molecule has 0 spiro atoms. The number of benzene rings is 8. The van der Waals surface area contributed by atoms with Crippen LogP contribution >= 0.6 is 0 Å². The van der Waals surface area contributed by atoms with Gasteiger partial charge in [-0.3, -0.25) is 0 Å². The third-order valence-electron chi connectivity index (χ3n) is 8.27. The van der Waals surface area contributed by atoms with Crippen molar-refractivity contribution in [2.45, 2.75) is 0 Å². The lowest BCUT2D eigenvalue weighted by molar-refractivity contribution is 0.670. The zero-order valence-electron chi connectivity index (χ0n) is 34.7. The molecule has 0 saturated carbocycles. The van der Waals surface area contributed by atoms with E-state index in [0.717, 1.165) is 33.0 Å². The van der Waals surface area contributed by atoms with E-state index in [0.29, 0.717) is 16.3 Å². The lowest BCUT2D eigenvalue weighted by Gasteiger charge is -2.18. The van der Waals surface area contributed by atoms with Crippen LogP contribution in [0.3, 0.4) is 0 Å². The fraction of sp³-hybridized carbons (Fsp3) is 0. The molecule has 45 heavy (non-hydrogen) atoms. The summed E-state index contributed by atoms with van der Waals surface area (Å²) in [6.45, 7) is 0. The average molecular weight is 584 g/mol. The third-order valence-corrected chi connectivity index (χ3v) is 8.27. The van der Waals surface area contributed by atoms with Gasteiger partial charge in [0.15, 0.2) is 0 Å². The Hall–Kier alpha value is -5.92. The predicted octanol–water partition coefficient (Wildman–Crippen LogP) is 12.6. The van der Waals surface area contributed by atoms with Crippen LogP contribution < -0.4 is 0 Å². The Labute approximate surface area is 277 Å². The highest BCUT2D eigenvalue weighted by Gasteiger charge is 2.20. The van der Waals surface area contributed by atoms with E-state index >= 15 is 0 Å². The summed E-state index contributed by atoms with van der Waals surface area (Å²) < 4.78 is 103. The molecule has 0 atom stereocenters. The van der Waals surface area contributed by atoms with Crippen molar-refractivity contribution in [1.82, 2.24) is 0 Å². The Bertz CT molecular complexity index is 3050. The third kappa shape index (κ3) is 4.17. The van der Waals surface area contributed by atoms with Gasteiger partial charge in [-0.25, -0.2) is 0 Å². The lowest BCUT2D eigenvalue weighted by Crippen LogP contribution is -1.91. The van der Waals surface area contributed by atoms with E-state index in [4.69, 9.17) is 16.8 Å². The normalized spacial score (nSPS) is 15.0. The molecule has 0 aliphatic carbocycles. The maximum atomic E-state index is 9.89. The molecule has 0 aliphatic rings. The molecule has 0 amide bonds. The van der Waals surface area contributed by atoms with Crippen LogP contribution in [0.15, 0.2) is 174 Å². The molecule has 1 heteroatoms. The molecule has 0 bridgehead atoms. The zero-order valence-corrected chi connectivity index (χ0v) is 23.7. The van der Waals surface area contributed by atoms with Crippen molar-refractivity contribution in [3.05, 3.63) is 170 Å². The number of hydrogen-bond acceptors (Lipinski definition) is 1. The van der Waals surface area contributed by atoms with Crippen LogP contribution in [-0.2, 0) is 0 Å². The van der Waals surface area contributed by atoms with Gasteiger partial charge in [0.05, 0.1) is 15.1 Å². The molecule has 1 nitrogen and oxygen atoms in total. The number of rotatable bonds is 4. The van der Waals surface area contributed by atoms with Gasteiger partial charge >= 0.3 is 0 Å². The van der Waals surface area contributed by atoms with Gasteiger partial charge in [-0.2, -0.15) is 0 Å². The maximum Gasteiger partial charge on any atom is 0.143 e. The second-order valence-electron chi connectivity index (χ2n) is 10.8. The first kappa shape index (κ1) is 16.8. The van der Waals surface area contributed by atoms with Crippen molar-refractivity contribution in [3.8, 4) is 44.5 Å². The molecule has 0 aliphatic heterocycles. The minimum atomic E-state index is -0.635. The minimum absolute atomic E-state index is 0.0489. The molecule has 0 saturated heterocycles. The second-order valence-corrected chi connectivity index (χ2v) is 10.8. The largest absolute Gasteiger partial charge is 0.455 e. The SMILES string of the molecule is [2H]c1c([2H])c([2H])c(-c2c([2H])c(-c3c4ccccc4c(-c4ccc(-c5ccccc5)cc4)c4ccccc34)c([2H])c3c2oc2c([2H])c([2H])c([2H])c([2H])c23)c([2H])c1[2H]. The van der Waals surface area contributed by atoms with Gasteiger partial charge in [-0.05, 0) is 78.6 Å². The molecule has 0 unspecified atom stereocenters. The van der Waals surface area contributed by atoms with Crippen LogP contribution in [-0.4, -0.2) is 0 Å². The first-order valence-electron chi connectivity index (χ1n) is 20.0. The molecular formula is C44H28O. The summed E-state index contributed by atoms with van der Waals surface area (Å²) in [5.41, 5.74) is 3.44. The Morgan fingerprint density at radius 2 is 0.911 bits per heavy atom. The number of fused-ring (bicyclic) bond motifs is 5. The summed E-state index contributed by atoms with van der Waals surface area (Å²) in [5.74, 6) is 0. The highest BCUT2D eigenvalue weighted by molar-refractivity contribution is 6.23. The van der Waals surface area contributed by atoms with Crippen LogP contribution in [0, 0.1) is 0 Å². The van der Waals surface area contributed by atoms with Gasteiger partial charge in [0.2, 0.25) is 0 Å². The summed E-state index contributed by atoms with van der Waals surface area (Å²) in [4.78, 5) is 0. The summed E-state index contributed by atoms with van der Waals surface area (Å²) in [6.07, 6.45) is 0. The van der Waals surface area contributed by atoms with E-state index in [-0.39, 0.29) is 50.7 Å². The van der Waals surface area contributed by atoms with Crippen molar-refractivity contribution in [3.63, 3.8) is 0 Å². The molecule has 9 aromatic rings. The van der Waals surface area contributed by atoms with E-state index < -0.39 is 54.4 Å². The summed E-state index contributed by atoms with van der Waals surface area (Å²) in [5, 5.41) is 2.82. The van der Waals surface area contributed by atoms with Crippen molar-refractivity contribution in [1.29, 1.82) is 0 Å². The van der Waals surface area contributed by atoms with Gasteiger partial charge in [0.25, 0.3) is 0 Å². The highest BCUT2D eigenvalue weighted by atomic mass is 16.3. The Morgan fingerprint density at radius 1 is 0.378 bits per heavy atom. The topological polar surface area (TPSA) is 13.1 Å². The van der Waals surface area contributed by atoms with Crippen LogP contribution in [0.25, 0.3) is 88.0 Å². The predicted molar refractivity (Wildman–Crippen MR) is 190 cm³/mol. The van der Waals surface area contributed by atoms with Crippen molar-refractivity contribution in [2.24, 2.45) is 0 Å². The molecule has 0 N–H and O–H groups in total. The first-order valence-corrected chi connectivity index (χ1v) is 14.5. The van der Waals surface area contributed by atoms with Gasteiger partial charge in [-0.1, -0.05) is 151 Å². The Kier molecular flexibility index (Phi) is 3.87. The fourth-order valence-corrected chi connectivity index (χ4v) is 6.30. The number of para-hydroxylation sites is 1. The van der Waals surface area contributed by atoms with Crippen molar-refractivity contribution < 1.29 is 19.5 Å². The molecule has 1 heterocycles. The van der Waals surface area contributed by atoms with Crippen molar-refractivity contribution >= 4 is 43.5 Å². The standard InChI is InChI=1S/C44H28O/c1-3-13-29(14-4-1)30-23-25-32(26-24-30)42-35-18-7-9-20-37(35)43(38-21-10-8-19-36(38)42)33-27-39(31-15-5-2-6-16-31)44-40(28-33)34-17-11-12-22-41(34)45-44/h1-28H/i2D,5D,6D,11D,12D,15D,16D,17D,22D,27D,28D. The van der Waals surface area contributed by atoms with E-state index in [9.17, 15) is 2.74 Å². The average Bonchev–Trinajstić information content (AvgIpc) is 3.63. The van der Waals surface area contributed by atoms with Crippen LogP contribution in [0.1, 0.15) is 15.1 Å². The van der Waals surface area contributed by atoms with Gasteiger partial charge in [0.1, 0.15) is 11.2 Å².